The van der Waals surface area contributed by atoms with Crippen molar-refractivity contribution < 1.29 is 4.79 Å². The van der Waals surface area contributed by atoms with Crippen molar-refractivity contribution >= 4 is 30.1 Å². The lowest BCUT2D eigenvalue weighted by Gasteiger charge is -2.11. The van der Waals surface area contributed by atoms with Gasteiger partial charge >= 0.3 is 0 Å². The second-order valence-electron chi connectivity index (χ2n) is 5.68. The fourth-order valence-electron chi connectivity index (χ4n) is 2.08. The lowest BCUT2D eigenvalue weighted by Crippen LogP contribution is -2.41. The van der Waals surface area contributed by atoms with Crippen molar-refractivity contribution in [2.75, 3.05) is 18.6 Å². The van der Waals surface area contributed by atoms with E-state index in [2.05, 4.69) is 43.4 Å². The van der Waals surface area contributed by atoms with E-state index in [9.17, 15) is 4.79 Å². The molecule has 0 bridgehead atoms. The number of nitrogens with one attached hydrogen (secondary N) is 1. The maximum atomic E-state index is 11.7. The molecule has 0 saturated heterocycles. The summed E-state index contributed by atoms with van der Waals surface area (Å²) < 4.78 is 0. The summed E-state index contributed by atoms with van der Waals surface area (Å²) >= 11 is 1.72. The van der Waals surface area contributed by atoms with Crippen LogP contribution in [0.15, 0.2) is 24.3 Å². The highest BCUT2D eigenvalue weighted by molar-refractivity contribution is 7.98. The molecule has 3 nitrogen and oxygen atoms in total. The maximum absolute atomic E-state index is 11.7. The summed E-state index contributed by atoms with van der Waals surface area (Å²) in [7, 11) is 0. The molecule has 0 aromatic heterocycles. The molecule has 1 aromatic carbocycles. The molecule has 0 spiro atoms. The van der Waals surface area contributed by atoms with Gasteiger partial charge in [-0.1, -0.05) is 38.1 Å². The molecule has 0 fully saturated rings. The summed E-state index contributed by atoms with van der Waals surface area (Å²) in [6.07, 6.45) is 4.69. The third-order valence-electron chi connectivity index (χ3n) is 3.56. The van der Waals surface area contributed by atoms with Crippen molar-refractivity contribution in [3.63, 3.8) is 0 Å². The molecular formula is C17H29ClN2OS. The summed E-state index contributed by atoms with van der Waals surface area (Å²) in [5.41, 5.74) is 8.50. The predicted octanol–water partition coefficient (Wildman–Crippen LogP) is 3.36. The molecule has 0 heterocycles. The van der Waals surface area contributed by atoms with E-state index in [1.807, 2.05) is 6.26 Å². The Balaban J connectivity index is 0.00000441. The van der Waals surface area contributed by atoms with Crippen molar-refractivity contribution in [2.45, 2.75) is 45.1 Å². The lowest BCUT2D eigenvalue weighted by molar-refractivity contribution is -0.122. The minimum absolute atomic E-state index is 0. The summed E-state index contributed by atoms with van der Waals surface area (Å²) in [6.45, 7) is 5.09. The smallest absolute Gasteiger partial charge is 0.236 e. The predicted molar refractivity (Wildman–Crippen MR) is 100 cm³/mol. The molecule has 22 heavy (non-hydrogen) atoms. The molecule has 5 heteroatoms. The van der Waals surface area contributed by atoms with Crippen molar-refractivity contribution in [3.05, 3.63) is 35.4 Å². The Hall–Kier alpha value is -0.710. The van der Waals surface area contributed by atoms with E-state index in [4.69, 9.17) is 5.73 Å². The molecule has 0 saturated carbocycles. The molecule has 0 aliphatic rings. The van der Waals surface area contributed by atoms with Crippen LogP contribution in [-0.4, -0.2) is 30.5 Å². The molecule has 0 aliphatic carbocycles. The van der Waals surface area contributed by atoms with Crippen LogP contribution >= 0.6 is 24.2 Å². The van der Waals surface area contributed by atoms with Crippen LogP contribution in [0.25, 0.3) is 0 Å². The molecule has 126 valence electrons. The first kappa shape index (κ1) is 21.3. The zero-order chi connectivity index (χ0) is 15.7. The second kappa shape index (κ2) is 11.8. The minimum atomic E-state index is -0.372. The number of benzene rings is 1. The van der Waals surface area contributed by atoms with Crippen LogP contribution in [0.2, 0.25) is 0 Å². The van der Waals surface area contributed by atoms with Crippen molar-refractivity contribution in [3.8, 4) is 0 Å². The van der Waals surface area contributed by atoms with Gasteiger partial charge in [0.2, 0.25) is 5.91 Å². The van der Waals surface area contributed by atoms with E-state index in [1.54, 1.807) is 11.8 Å². The summed E-state index contributed by atoms with van der Waals surface area (Å²) in [5.74, 6) is 1.47. The van der Waals surface area contributed by atoms with Crippen LogP contribution in [0.3, 0.4) is 0 Å². The molecule has 0 aliphatic heterocycles. The van der Waals surface area contributed by atoms with Gasteiger partial charge < -0.3 is 11.1 Å². The second-order valence-corrected chi connectivity index (χ2v) is 6.66. The topological polar surface area (TPSA) is 55.1 Å². The molecule has 3 N–H and O–H groups in total. The summed E-state index contributed by atoms with van der Waals surface area (Å²) in [5, 5.41) is 2.92. The van der Waals surface area contributed by atoms with Crippen molar-refractivity contribution in [2.24, 2.45) is 5.73 Å². The number of hydrogen-bond acceptors (Lipinski definition) is 3. The fraction of sp³-hybridized carbons (Fsp3) is 0.588. The van der Waals surface area contributed by atoms with Gasteiger partial charge in [0.1, 0.15) is 0 Å². The van der Waals surface area contributed by atoms with Crippen LogP contribution in [0.1, 0.15) is 43.7 Å². The van der Waals surface area contributed by atoms with Crippen molar-refractivity contribution in [1.82, 2.24) is 5.32 Å². The lowest BCUT2D eigenvalue weighted by atomic mass is 10.0. The van der Waals surface area contributed by atoms with E-state index >= 15 is 0 Å². The summed E-state index contributed by atoms with van der Waals surface area (Å²) in [4.78, 5) is 11.7. The average Bonchev–Trinajstić information content (AvgIpc) is 2.49. The number of hydrogen-bond donors (Lipinski definition) is 2. The Morgan fingerprint density at radius 3 is 2.45 bits per heavy atom. The van der Waals surface area contributed by atoms with Gasteiger partial charge in [0.05, 0.1) is 6.04 Å². The highest BCUT2D eigenvalue weighted by atomic mass is 35.5. The Bertz CT molecular complexity index is 423. The molecule has 1 atom stereocenters. The third-order valence-corrected chi connectivity index (χ3v) is 4.20. The standard InChI is InChI=1S/C17H28N2OS.ClH/c1-13(2)15-8-6-14(7-9-15)5-4-11-19-17(20)16(18)10-12-21-3;/h6-9,13,16H,4-5,10-12,18H2,1-3H3,(H,19,20);1H/t16-;/m0./s1. The summed E-state index contributed by atoms with van der Waals surface area (Å²) in [6, 6.07) is 8.37. The average molecular weight is 345 g/mol. The van der Waals surface area contributed by atoms with Gasteiger partial charge in [-0.25, -0.2) is 0 Å². The van der Waals surface area contributed by atoms with Crippen LogP contribution in [0, 0.1) is 0 Å². The van der Waals surface area contributed by atoms with E-state index < -0.39 is 0 Å². The number of nitrogens with two attached hydrogens (primary N) is 1. The fourth-order valence-corrected chi connectivity index (χ4v) is 2.57. The number of thioether (sulfide) groups is 1. The normalized spacial score (nSPS) is 11.9. The van der Waals surface area contributed by atoms with Gasteiger partial charge in [-0.05, 0) is 48.3 Å². The largest absolute Gasteiger partial charge is 0.355 e. The highest BCUT2D eigenvalue weighted by Crippen LogP contribution is 2.15. The van der Waals surface area contributed by atoms with Crippen LogP contribution in [0.4, 0.5) is 0 Å². The first-order valence-corrected chi connectivity index (χ1v) is 9.05. The van der Waals surface area contributed by atoms with Gasteiger partial charge in [0.15, 0.2) is 0 Å². The van der Waals surface area contributed by atoms with Gasteiger partial charge in [-0.15, -0.1) is 12.4 Å². The molecule has 0 unspecified atom stereocenters. The Morgan fingerprint density at radius 2 is 1.91 bits per heavy atom. The highest BCUT2D eigenvalue weighted by Gasteiger charge is 2.11. The maximum Gasteiger partial charge on any atom is 0.236 e. The Morgan fingerprint density at radius 1 is 1.27 bits per heavy atom. The molecule has 1 amide bonds. The molecule has 1 rings (SSSR count). The third kappa shape index (κ3) is 8.06. The number of halogens is 1. The number of carbonyl (C=O) groups excluding carboxylic acids is 1. The first-order chi connectivity index (χ1) is 10.0. The Labute approximate surface area is 145 Å². The van der Waals surface area contributed by atoms with E-state index in [0.29, 0.717) is 12.5 Å². The number of rotatable bonds is 9. The first-order valence-electron chi connectivity index (χ1n) is 7.65. The van der Waals surface area contributed by atoms with Crippen LogP contribution in [0.5, 0.6) is 0 Å². The molecule has 1 aromatic rings. The minimum Gasteiger partial charge on any atom is -0.355 e. The van der Waals surface area contributed by atoms with Gasteiger partial charge in [-0.3, -0.25) is 4.79 Å². The number of carbonyl (C=O) groups is 1. The van der Waals surface area contributed by atoms with E-state index in [-0.39, 0.29) is 24.4 Å². The van der Waals surface area contributed by atoms with E-state index in [0.717, 1.165) is 25.0 Å². The van der Waals surface area contributed by atoms with Gasteiger partial charge in [-0.2, -0.15) is 11.8 Å². The molecular weight excluding hydrogens is 316 g/mol. The van der Waals surface area contributed by atoms with Crippen LogP contribution < -0.4 is 11.1 Å². The zero-order valence-corrected chi connectivity index (χ0v) is 15.4. The van der Waals surface area contributed by atoms with Crippen molar-refractivity contribution in [1.29, 1.82) is 0 Å². The molecule has 0 radical (unpaired) electrons. The van der Waals surface area contributed by atoms with E-state index in [1.165, 1.54) is 11.1 Å². The van der Waals surface area contributed by atoms with Crippen LogP contribution in [-0.2, 0) is 11.2 Å². The SMILES string of the molecule is CSCC[C@H](N)C(=O)NCCCc1ccc(C(C)C)cc1.Cl. The number of aryl methyl sites for hydroxylation is 1. The Kier molecular flexibility index (Phi) is 11.4. The van der Waals surface area contributed by atoms with Gasteiger partial charge in [0, 0.05) is 6.54 Å². The van der Waals surface area contributed by atoms with Gasteiger partial charge in [0.25, 0.3) is 0 Å². The number of amides is 1. The quantitative estimate of drug-likeness (QED) is 0.675. The zero-order valence-electron chi connectivity index (χ0n) is 13.8. The monoisotopic (exact) mass is 344 g/mol.